The molecule has 144 valence electrons. The average Bonchev–Trinajstić information content (AvgIpc) is 2.99. The summed E-state index contributed by atoms with van der Waals surface area (Å²) in [6, 6.07) is 9.58. The minimum atomic E-state index is -0.638. The van der Waals surface area contributed by atoms with Crippen molar-refractivity contribution in [2.45, 2.75) is 12.5 Å². The fourth-order valence-corrected chi connectivity index (χ4v) is 3.43. The maximum Gasteiger partial charge on any atom is 0.310 e. The normalized spacial score (nSPS) is 21.7. The Morgan fingerprint density at radius 2 is 1.63 bits per heavy atom. The molecule has 2 aromatic carbocycles. The highest BCUT2D eigenvalue weighted by Crippen LogP contribution is 2.43. The predicted molar refractivity (Wildman–Crippen MR) is 95.9 cm³/mol. The number of methoxy groups -OCH3 is 2. The van der Waals surface area contributed by atoms with E-state index in [1.54, 1.807) is 24.3 Å². The van der Waals surface area contributed by atoms with Gasteiger partial charge in [-0.25, -0.2) is 0 Å². The lowest BCUT2D eigenvalue weighted by Gasteiger charge is -2.20. The van der Waals surface area contributed by atoms with Crippen LogP contribution in [0, 0.1) is 11.8 Å². The van der Waals surface area contributed by atoms with Crippen molar-refractivity contribution < 1.29 is 34.3 Å². The third-order valence-electron chi connectivity index (χ3n) is 4.89. The van der Waals surface area contributed by atoms with E-state index in [-0.39, 0.29) is 23.9 Å². The predicted octanol–water partition coefficient (Wildman–Crippen LogP) is 2.18. The summed E-state index contributed by atoms with van der Waals surface area (Å²) < 4.78 is 15.8. The van der Waals surface area contributed by atoms with Gasteiger partial charge in [0, 0.05) is 5.92 Å². The summed E-state index contributed by atoms with van der Waals surface area (Å²) in [5.74, 6) is -0.813. The summed E-state index contributed by atoms with van der Waals surface area (Å²) in [4.78, 5) is 12.5. The molecule has 0 bridgehead atoms. The van der Waals surface area contributed by atoms with Gasteiger partial charge in [0.2, 0.25) is 0 Å². The first-order valence-electron chi connectivity index (χ1n) is 8.52. The number of aromatic hydroxyl groups is 2. The molecular weight excluding hydrogens is 352 g/mol. The Kier molecular flexibility index (Phi) is 5.41. The number of ether oxygens (including phenoxy) is 3. The van der Waals surface area contributed by atoms with Crippen molar-refractivity contribution in [3.63, 3.8) is 0 Å². The molecule has 7 heteroatoms. The molecule has 7 nitrogen and oxygen atoms in total. The SMILES string of the molecule is COc1cc(C[C@H]2C(=O)O[C@H](c3ccc(O)c(OC)c3)[C@H]2CO)ccc1O. The minimum Gasteiger partial charge on any atom is -0.504 e. The van der Waals surface area contributed by atoms with Gasteiger partial charge in [0.25, 0.3) is 0 Å². The van der Waals surface area contributed by atoms with E-state index < -0.39 is 23.9 Å². The molecule has 0 radical (unpaired) electrons. The maximum absolute atomic E-state index is 12.5. The fraction of sp³-hybridized carbons (Fsp3) is 0.350. The van der Waals surface area contributed by atoms with E-state index >= 15 is 0 Å². The molecule has 2 aromatic rings. The van der Waals surface area contributed by atoms with Crippen LogP contribution in [0.2, 0.25) is 0 Å². The van der Waals surface area contributed by atoms with Crippen LogP contribution in [-0.2, 0) is 16.0 Å². The number of hydrogen-bond acceptors (Lipinski definition) is 7. The van der Waals surface area contributed by atoms with Crippen molar-refractivity contribution in [3.8, 4) is 23.0 Å². The molecule has 3 rings (SSSR count). The van der Waals surface area contributed by atoms with E-state index in [0.29, 0.717) is 17.7 Å². The molecule has 0 aromatic heterocycles. The Morgan fingerprint density at radius 3 is 2.26 bits per heavy atom. The third kappa shape index (κ3) is 3.64. The molecule has 27 heavy (non-hydrogen) atoms. The van der Waals surface area contributed by atoms with E-state index in [2.05, 4.69) is 0 Å². The maximum atomic E-state index is 12.5. The number of carbonyl (C=O) groups is 1. The van der Waals surface area contributed by atoms with Gasteiger partial charge in [0.1, 0.15) is 6.10 Å². The fourth-order valence-electron chi connectivity index (χ4n) is 3.43. The number of carbonyl (C=O) groups excluding carboxylic acids is 1. The Hall–Kier alpha value is -2.93. The molecule has 1 saturated heterocycles. The molecular formula is C20H22O7. The van der Waals surface area contributed by atoms with E-state index in [4.69, 9.17) is 14.2 Å². The highest BCUT2D eigenvalue weighted by atomic mass is 16.6. The minimum absolute atomic E-state index is 0.0149. The number of phenolic OH excluding ortho intramolecular Hbond substituents is 2. The number of hydrogen-bond donors (Lipinski definition) is 3. The van der Waals surface area contributed by atoms with Crippen LogP contribution in [-0.4, -0.2) is 42.1 Å². The number of aliphatic hydroxyl groups is 1. The van der Waals surface area contributed by atoms with Gasteiger partial charge in [-0.3, -0.25) is 4.79 Å². The zero-order valence-electron chi connectivity index (χ0n) is 15.1. The zero-order chi connectivity index (χ0) is 19.6. The molecule has 1 heterocycles. The Bertz CT molecular complexity index is 833. The number of cyclic esters (lactones) is 1. The van der Waals surface area contributed by atoms with Crippen LogP contribution in [0.3, 0.4) is 0 Å². The molecule has 1 aliphatic heterocycles. The molecule has 0 aliphatic carbocycles. The molecule has 0 unspecified atom stereocenters. The molecule has 0 saturated carbocycles. The Morgan fingerprint density at radius 1 is 1.00 bits per heavy atom. The summed E-state index contributed by atoms with van der Waals surface area (Å²) in [5.41, 5.74) is 1.43. The molecule has 3 atom stereocenters. The van der Waals surface area contributed by atoms with Gasteiger partial charge in [0.05, 0.1) is 26.7 Å². The highest BCUT2D eigenvalue weighted by molar-refractivity contribution is 5.76. The van der Waals surface area contributed by atoms with E-state index in [9.17, 15) is 20.1 Å². The first kappa shape index (κ1) is 18.8. The van der Waals surface area contributed by atoms with Crippen LogP contribution in [0.15, 0.2) is 36.4 Å². The molecule has 1 aliphatic rings. The number of esters is 1. The molecule has 1 fully saturated rings. The zero-order valence-corrected chi connectivity index (χ0v) is 15.1. The number of rotatable bonds is 6. The van der Waals surface area contributed by atoms with Crippen LogP contribution >= 0.6 is 0 Å². The smallest absolute Gasteiger partial charge is 0.310 e. The lowest BCUT2D eigenvalue weighted by atomic mass is 9.84. The second-order valence-corrected chi connectivity index (χ2v) is 6.45. The van der Waals surface area contributed by atoms with E-state index in [0.717, 1.165) is 5.56 Å². The van der Waals surface area contributed by atoms with Crippen molar-refractivity contribution in [2.24, 2.45) is 11.8 Å². The summed E-state index contributed by atoms with van der Waals surface area (Å²) in [6.45, 7) is -0.237. The van der Waals surface area contributed by atoms with Crippen LogP contribution in [0.4, 0.5) is 0 Å². The summed E-state index contributed by atoms with van der Waals surface area (Å²) >= 11 is 0. The summed E-state index contributed by atoms with van der Waals surface area (Å²) in [5, 5.41) is 29.4. The summed E-state index contributed by atoms with van der Waals surface area (Å²) in [7, 11) is 2.89. The molecule has 0 spiro atoms. The van der Waals surface area contributed by atoms with Crippen LogP contribution < -0.4 is 9.47 Å². The van der Waals surface area contributed by atoms with Crippen LogP contribution in [0.1, 0.15) is 17.2 Å². The van der Waals surface area contributed by atoms with Crippen LogP contribution in [0.5, 0.6) is 23.0 Å². The standard InChI is InChI=1S/C20H22O7/c1-25-17-8-11(3-5-15(17)22)7-13-14(10-21)19(27-20(13)24)12-4-6-16(23)18(9-12)26-2/h3-6,8-9,13-14,19,21-23H,7,10H2,1-2H3/t13-,14+,19-/m1/s1. The van der Waals surface area contributed by atoms with Gasteiger partial charge in [-0.15, -0.1) is 0 Å². The third-order valence-corrected chi connectivity index (χ3v) is 4.89. The van der Waals surface area contributed by atoms with Crippen molar-refractivity contribution in [3.05, 3.63) is 47.5 Å². The van der Waals surface area contributed by atoms with E-state index in [1.807, 2.05) is 0 Å². The number of aliphatic hydroxyl groups excluding tert-OH is 1. The van der Waals surface area contributed by atoms with Crippen molar-refractivity contribution in [2.75, 3.05) is 20.8 Å². The van der Waals surface area contributed by atoms with Gasteiger partial charge in [-0.05, 0) is 41.8 Å². The lowest BCUT2D eigenvalue weighted by molar-refractivity contribution is -0.144. The average molecular weight is 374 g/mol. The quantitative estimate of drug-likeness (QED) is 0.666. The second kappa shape index (κ2) is 7.75. The van der Waals surface area contributed by atoms with Crippen molar-refractivity contribution >= 4 is 5.97 Å². The Labute approximate surface area is 156 Å². The number of benzene rings is 2. The topological polar surface area (TPSA) is 105 Å². The summed E-state index contributed by atoms with van der Waals surface area (Å²) in [6.07, 6.45) is -0.298. The van der Waals surface area contributed by atoms with Crippen molar-refractivity contribution in [1.29, 1.82) is 0 Å². The second-order valence-electron chi connectivity index (χ2n) is 6.45. The van der Waals surface area contributed by atoms with Crippen molar-refractivity contribution in [1.82, 2.24) is 0 Å². The first-order chi connectivity index (χ1) is 13.0. The van der Waals surface area contributed by atoms with Gasteiger partial charge in [0.15, 0.2) is 23.0 Å². The van der Waals surface area contributed by atoms with Crippen LogP contribution in [0.25, 0.3) is 0 Å². The monoisotopic (exact) mass is 374 g/mol. The van der Waals surface area contributed by atoms with Gasteiger partial charge < -0.3 is 29.5 Å². The molecule has 0 amide bonds. The number of phenols is 2. The van der Waals surface area contributed by atoms with Gasteiger partial charge in [-0.2, -0.15) is 0 Å². The first-order valence-corrected chi connectivity index (χ1v) is 8.52. The van der Waals surface area contributed by atoms with Gasteiger partial charge in [-0.1, -0.05) is 12.1 Å². The largest absolute Gasteiger partial charge is 0.504 e. The highest BCUT2D eigenvalue weighted by Gasteiger charge is 2.45. The van der Waals surface area contributed by atoms with E-state index in [1.165, 1.54) is 26.4 Å². The van der Waals surface area contributed by atoms with Gasteiger partial charge >= 0.3 is 5.97 Å². The lowest BCUT2D eigenvalue weighted by Crippen LogP contribution is -2.23. The molecule has 3 N–H and O–H groups in total. The Balaban J connectivity index is 1.86.